The zero-order chi connectivity index (χ0) is 7.98. The van der Waals surface area contributed by atoms with Crippen LogP contribution in [0, 0.1) is 11.8 Å². The largest absolute Gasteiger partial charge is 2.00 e. The van der Waals surface area contributed by atoms with Crippen LogP contribution >= 0.6 is 0 Å². The molecule has 0 saturated heterocycles. The van der Waals surface area contributed by atoms with Gasteiger partial charge in [-0.15, -0.1) is 0 Å². The molecule has 0 unspecified atom stereocenters. The van der Waals surface area contributed by atoms with Gasteiger partial charge in [0.2, 0.25) is 0 Å². The first-order chi connectivity index (χ1) is 4.79. The van der Waals surface area contributed by atoms with E-state index in [9.17, 15) is 0 Å². The van der Waals surface area contributed by atoms with Gasteiger partial charge in [0.15, 0.2) is 0 Å². The van der Waals surface area contributed by atoms with Gasteiger partial charge in [0.25, 0.3) is 0 Å². The van der Waals surface area contributed by atoms with Gasteiger partial charge in [-0.1, -0.05) is 40.5 Å². The van der Waals surface area contributed by atoms with Gasteiger partial charge < -0.3 is 22.9 Å². The van der Waals surface area contributed by atoms with E-state index in [0.29, 0.717) is 0 Å². The van der Waals surface area contributed by atoms with Crippen LogP contribution in [0.5, 0.6) is 0 Å². The predicted molar refractivity (Wildman–Crippen MR) is 53.7 cm³/mol. The van der Waals surface area contributed by atoms with Crippen molar-refractivity contribution in [3.8, 4) is 0 Å². The Labute approximate surface area is 105 Å². The molecule has 0 atom stereocenters. The smallest absolute Gasteiger partial charge is 1.00 e. The molecule has 12 heavy (non-hydrogen) atoms. The Hall–Kier alpha value is 1.25. The minimum Gasteiger partial charge on any atom is -1.00 e. The van der Waals surface area contributed by atoms with Crippen LogP contribution in [0.1, 0.15) is 53.4 Å². The second kappa shape index (κ2) is 12.2. The molecule has 0 amide bonds. The maximum Gasteiger partial charge on any atom is 2.00 e. The molecule has 0 aromatic heterocycles. The number of halogens is 1. The number of hydrogen-bond donors (Lipinski definition) is 0. The fourth-order valence-electron chi connectivity index (χ4n) is 1.69. The Balaban J connectivity index is -0.000000405. The first-order valence-corrected chi connectivity index (χ1v) is 4.64. The van der Waals surface area contributed by atoms with Crippen molar-refractivity contribution in [3.05, 3.63) is 5.92 Å². The minimum atomic E-state index is 0. The van der Waals surface area contributed by atoms with Crippen molar-refractivity contribution in [1.82, 2.24) is 0 Å². The molecular formula is C10H21BrMg. The number of rotatable bonds is 5. The first-order valence-electron chi connectivity index (χ1n) is 4.64. The molecule has 0 heterocycles. The average Bonchev–Trinajstić information content (AvgIpc) is 2.00. The van der Waals surface area contributed by atoms with Crippen LogP contribution in [0.15, 0.2) is 0 Å². The van der Waals surface area contributed by atoms with Crippen molar-refractivity contribution in [3.63, 3.8) is 0 Å². The molecule has 0 fully saturated rings. The van der Waals surface area contributed by atoms with E-state index in [-0.39, 0.29) is 40.0 Å². The first kappa shape index (κ1) is 18.9. The normalized spacial score (nSPS) is 9.50. The monoisotopic (exact) mass is 244 g/mol. The van der Waals surface area contributed by atoms with Crippen molar-refractivity contribution in [1.29, 1.82) is 0 Å². The summed E-state index contributed by atoms with van der Waals surface area (Å²) in [6.07, 6.45) is 5.22. The Morgan fingerprint density at radius 1 is 0.917 bits per heavy atom. The summed E-state index contributed by atoms with van der Waals surface area (Å²) in [5.41, 5.74) is 0. The molecule has 0 saturated carbocycles. The fraction of sp³-hybridized carbons (Fsp3) is 0.900. The van der Waals surface area contributed by atoms with Gasteiger partial charge in [0.1, 0.15) is 0 Å². The van der Waals surface area contributed by atoms with Crippen LogP contribution in [-0.2, 0) is 0 Å². The molecule has 0 aromatic rings. The van der Waals surface area contributed by atoms with Crippen molar-refractivity contribution in [2.75, 3.05) is 0 Å². The summed E-state index contributed by atoms with van der Waals surface area (Å²) in [5, 5.41) is 0. The molecule has 0 rings (SSSR count). The van der Waals surface area contributed by atoms with E-state index in [1.165, 1.54) is 25.7 Å². The average molecular weight is 245 g/mol. The topological polar surface area (TPSA) is 0 Å². The molecule has 0 aliphatic carbocycles. The molecule has 0 aliphatic heterocycles. The van der Waals surface area contributed by atoms with Gasteiger partial charge in [-0.2, -0.15) is 18.8 Å². The van der Waals surface area contributed by atoms with Gasteiger partial charge in [0, 0.05) is 0 Å². The minimum absolute atomic E-state index is 0. The Morgan fingerprint density at radius 3 is 1.33 bits per heavy atom. The van der Waals surface area contributed by atoms with E-state index in [0.717, 1.165) is 5.92 Å². The third kappa shape index (κ3) is 6.73. The molecule has 0 nitrogen and oxygen atoms in total. The van der Waals surface area contributed by atoms with E-state index in [1.807, 2.05) is 0 Å². The predicted octanol–water partition coefficient (Wildman–Crippen LogP) is 0.440. The Morgan fingerprint density at radius 2 is 1.25 bits per heavy atom. The molecule has 0 aromatic carbocycles. The van der Waals surface area contributed by atoms with E-state index >= 15 is 0 Å². The van der Waals surface area contributed by atoms with Crippen LogP contribution in [0.2, 0.25) is 0 Å². The van der Waals surface area contributed by atoms with Crippen LogP contribution in [0.4, 0.5) is 0 Å². The summed E-state index contributed by atoms with van der Waals surface area (Å²) >= 11 is 0. The van der Waals surface area contributed by atoms with Crippen LogP contribution < -0.4 is 17.0 Å². The maximum absolute atomic E-state index is 2.29. The van der Waals surface area contributed by atoms with E-state index < -0.39 is 0 Å². The van der Waals surface area contributed by atoms with E-state index in [1.54, 1.807) is 5.92 Å². The molecule has 0 radical (unpaired) electrons. The van der Waals surface area contributed by atoms with E-state index in [2.05, 4.69) is 27.7 Å². The zero-order valence-corrected chi connectivity index (χ0v) is 12.0. The fourth-order valence-corrected chi connectivity index (χ4v) is 1.69. The standard InChI is InChI=1S/C10H21.BrH.Mg/c1-5-9(6-2)10(7-3)8-4;;/h9H,5-8H2,1-4H3;1H;/q-1;;+2/p-1. The van der Waals surface area contributed by atoms with Gasteiger partial charge in [-0.05, 0) is 0 Å². The van der Waals surface area contributed by atoms with Crippen molar-refractivity contribution >= 4 is 23.1 Å². The summed E-state index contributed by atoms with van der Waals surface area (Å²) in [7, 11) is 0. The zero-order valence-electron chi connectivity index (χ0n) is 8.99. The molecule has 70 valence electrons. The second-order valence-corrected chi connectivity index (χ2v) is 2.88. The van der Waals surface area contributed by atoms with Gasteiger partial charge >= 0.3 is 23.1 Å². The summed E-state index contributed by atoms with van der Waals surface area (Å²) in [6, 6.07) is 0. The summed E-state index contributed by atoms with van der Waals surface area (Å²) in [4.78, 5) is 0. The van der Waals surface area contributed by atoms with Crippen molar-refractivity contribution < 1.29 is 17.0 Å². The molecule has 0 N–H and O–H groups in total. The van der Waals surface area contributed by atoms with Crippen LogP contribution in [-0.4, -0.2) is 23.1 Å². The number of hydrogen-bond acceptors (Lipinski definition) is 0. The second-order valence-electron chi connectivity index (χ2n) is 2.88. The Bertz CT molecular complexity index is 58.2. The quantitative estimate of drug-likeness (QED) is 0.487. The van der Waals surface area contributed by atoms with Crippen molar-refractivity contribution in [2.24, 2.45) is 5.92 Å². The van der Waals surface area contributed by atoms with Gasteiger partial charge in [-0.3, -0.25) is 0 Å². The van der Waals surface area contributed by atoms with Crippen LogP contribution in [0.25, 0.3) is 0 Å². The summed E-state index contributed by atoms with van der Waals surface area (Å²) in [5.74, 6) is 2.65. The third-order valence-electron chi connectivity index (χ3n) is 2.47. The van der Waals surface area contributed by atoms with E-state index in [4.69, 9.17) is 0 Å². The molecule has 0 aliphatic rings. The Kier molecular flexibility index (Phi) is 19.3. The third-order valence-corrected chi connectivity index (χ3v) is 2.47. The molecular weight excluding hydrogens is 224 g/mol. The molecule has 2 heteroatoms. The molecule has 0 bridgehead atoms. The SMILES string of the molecule is CC[C-](CC)C(CC)CC.[Br-].[Mg+2]. The summed E-state index contributed by atoms with van der Waals surface area (Å²) in [6.45, 7) is 9.13. The van der Waals surface area contributed by atoms with Crippen LogP contribution in [0.3, 0.4) is 0 Å². The summed E-state index contributed by atoms with van der Waals surface area (Å²) < 4.78 is 0. The molecule has 0 spiro atoms. The van der Waals surface area contributed by atoms with Gasteiger partial charge in [-0.25, -0.2) is 0 Å². The van der Waals surface area contributed by atoms with Crippen molar-refractivity contribution in [2.45, 2.75) is 53.4 Å². The van der Waals surface area contributed by atoms with Gasteiger partial charge in [0.05, 0.1) is 0 Å². The maximum atomic E-state index is 2.29.